The molecule has 2 saturated heterocycles. The minimum Gasteiger partial charge on any atom is -0.372 e. The van der Waals surface area contributed by atoms with Crippen LogP contribution in [0.15, 0.2) is 36.9 Å². The lowest BCUT2D eigenvalue weighted by molar-refractivity contribution is -0.134. The normalized spacial score (nSPS) is 19.1. The van der Waals surface area contributed by atoms with Gasteiger partial charge in [-0.05, 0) is 49.9 Å². The fraction of sp³-hybridized carbons (Fsp3) is 0.545. The Bertz CT molecular complexity index is 655. The van der Waals surface area contributed by atoms with E-state index in [4.69, 9.17) is 0 Å². The molecule has 1 aromatic carbocycles. The standard InChI is InChI=1S/C22H31N3O2/c1-3-10-23-13-15-25(16-14-23)22(27)17-19-8-11-24(12-9-19)21-6-4-20(5-7-21)18(2)26/h3-7,19H,1,8-17H2,2H3. The van der Waals surface area contributed by atoms with Crippen LogP contribution in [0.5, 0.6) is 0 Å². The fourth-order valence-corrected chi connectivity index (χ4v) is 4.04. The van der Waals surface area contributed by atoms with Crippen molar-refractivity contribution in [3.8, 4) is 0 Å². The lowest BCUT2D eigenvalue weighted by Gasteiger charge is -2.37. The molecule has 0 bridgehead atoms. The van der Waals surface area contributed by atoms with Crippen molar-refractivity contribution in [2.45, 2.75) is 26.2 Å². The average Bonchev–Trinajstić information content (AvgIpc) is 2.69. The number of piperidine rings is 1. The zero-order chi connectivity index (χ0) is 19.2. The van der Waals surface area contributed by atoms with Crippen LogP contribution in [-0.4, -0.2) is 67.3 Å². The third-order valence-electron chi connectivity index (χ3n) is 5.83. The Kier molecular flexibility index (Phi) is 6.67. The van der Waals surface area contributed by atoms with Crippen molar-refractivity contribution in [2.24, 2.45) is 5.92 Å². The summed E-state index contributed by atoms with van der Waals surface area (Å²) in [6, 6.07) is 7.87. The molecule has 2 aliphatic heterocycles. The monoisotopic (exact) mass is 369 g/mol. The minimum absolute atomic E-state index is 0.101. The Morgan fingerprint density at radius 2 is 1.67 bits per heavy atom. The van der Waals surface area contributed by atoms with Crippen LogP contribution in [0.3, 0.4) is 0 Å². The molecule has 3 rings (SSSR count). The maximum absolute atomic E-state index is 12.6. The Labute approximate surface area is 162 Å². The zero-order valence-electron chi connectivity index (χ0n) is 16.4. The minimum atomic E-state index is 0.101. The molecular weight excluding hydrogens is 338 g/mol. The first-order valence-corrected chi connectivity index (χ1v) is 10.0. The van der Waals surface area contributed by atoms with Crippen LogP contribution in [0.2, 0.25) is 0 Å². The Morgan fingerprint density at radius 3 is 2.22 bits per heavy atom. The smallest absolute Gasteiger partial charge is 0.222 e. The van der Waals surface area contributed by atoms with E-state index < -0.39 is 0 Å². The van der Waals surface area contributed by atoms with Gasteiger partial charge in [-0.2, -0.15) is 0 Å². The average molecular weight is 370 g/mol. The maximum atomic E-state index is 12.6. The van der Waals surface area contributed by atoms with Crippen molar-refractivity contribution in [3.63, 3.8) is 0 Å². The number of Topliss-reactive ketones (excluding diaryl/α,β-unsaturated/α-hetero) is 1. The van der Waals surface area contributed by atoms with Crippen molar-refractivity contribution in [1.29, 1.82) is 0 Å². The first-order chi connectivity index (χ1) is 13.1. The van der Waals surface area contributed by atoms with Crippen molar-refractivity contribution in [1.82, 2.24) is 9.80 Å². The Balaban J connectivity index is 1.43. The molecule has 0 radical (unpaired) electrons. The van der Waals surface area contributed by atoms with E-state index in [1.54, 1.807) is 6.92 Å². The van der Waals surface area contributed by atoms with Gasteiger partial charge in [0.05, 0.1) is 0 Å². The number of ketones is 1. The summed E-state index contributed by atoms with van der Waals surface area (Å²) in [4.78, 5) is 30.8. The van der Waals surface area contributed by atoms with E-state index in [0.717, 1.165) is 64.2 Å². The van der Waals surface area contributed by atoms with Crippen LogP contribution >= 0.6 is 0 Å². The molecular formula is C22H31N3O2. The number of hydrogen-bond donors (Lipinski definition) is 0. The number of hydrogen-bond acceptors (Lipinski definition) is 4. The van der Waals surface area contributed by atoms with Crippen LogP contribution in [0.4, 0.5) is 5.69 Å². The van der Waals surface area contributed by atoms with Gasteiger partial charge in [0.15, 0.2) is 5.78 Å². The van der Waals surface area contributed by atoms with Gasteiger partial charge in [0.1, 0.15) is 0 Å². The summed E-state index contributed by atoms with van der Waals surface area (Å²) in [5, 5.41) is 0. The number of carbonyl (C=O) groups is 2. The quantitative estimate of drug-likeness (QED) is 0.571. The highest BCUT2D eigenvalue weighted by atomic mass is 16.2. The Hall–Kier alpha value is -2.14. The number of carbonyl (C=O) groups excluding carboxylic acids is 2. The molecule has 2 heterocycles. The maximum Gasteiger partial charge on any atom is 0.222 e. The highest BCUT2D eigenvalue weighted by Gasteiger charge is 2.26. The Morgan fingerprint density at radius 1 is 1.04 bits per heavy atom. The number of piperazine rings is 1. The third kappa shape index (κ3) is 5.19. The molecule has 2 fully saturated rings. The van der Waals surface area contributed by atoms with Gasteiger partial charge in [0.25, 0.3) is 0 Å². The van der Waals surface area contributed by atoms with Gasteiger partial charge < -0.3 is 9.80 Å². The second-order valence-electron chi connectivity index (χ2n) is 7.71. The van der Waals surface area contributed by atoms with Crippen LogP contribution in [0, 0.1) is 5.92 Å². The summed E-state index contributed by atoms with van der Waals surface area (Å²) in [5.74, 6) is 0.901. The van der Waals surface area contributed by atoms with Crippen LogP contribution in [0.1, 0.15) is 36.5 Å². The van der Waals surface area contributed by atoms with Gasteiger partial charge in [0.2, 0.25) is 5.91 Å². The summed E-state index contributed by atoms with van der Waals surface area (Å²) >= 11 is 0. The number of amides is 1. The van der Waals surface area contributed by atoms with Crippen molar-refractivity contribution in [2.75, 3.05) is 50.7 Å². The van der Waals surface area contributed by atoms with Crippen molar-refractivity contribution in [3.05, 3.63) is 42.5 Å². The molecule has 5 heteroatoms. The predicted octanol–water partition coefficient (Wildman–Crippen LogP) is 2.83. The molecule has 0 unspecified atom stereocenters. The number of rotatable bonds is 6. The second kappa shape index (κ2) is 9.18. The lowest BCUT2D eigenvalue weighted by Crippen LogP contribution is -2.49. The van der Waals surface area contributed by atoms with E-state index in [2.05, 4.69) is 16.4 Å². The van der Waals surface area contributed by atoms with E-state index in [-0.39, 0.29) is 5.78 Å². The first kappa shape index (κ1) is 19.6. The summed E-state index contributed by atoms with van der Waals surface area (Å²) in [7, 11) is 0. The van der Waals surface area contributed by atoms with E-state index in [1.807, 2.05) is 35.2 Å². The SMILES string of the molecule is C=CCN1CCN(C(=O)CC2CCN(c3ccc(C(C)=O)cc3)CC2)CC1. The molecule has 0 atom stereocenters. The van der Waals surface area contributed by atoms with Gasteiger partial charge in [-0.3, -0.25) is 14.5 Å². The van der Waals surface area contributed by atoms with Gasteiger partial charge in [-0.25, -0.2) is 0 Å². The van der Waals surface area contributed by atoms with Crippen LogP contribution < -0.4 is 4.90 Å². The molecule has 146 valence electrons. The fourth-order valence-electron chi connectivity index (χ4n) is 4.04. The molecule has 1 amide bonds. The number of nitrogens with zero attached hydrogens (tertiary/aromatic N) is 3. The molecule has 1 aromatic rings. The predicted molar refractivity (Wildman–Crippen MR) is 109 cm³/mol. The topological polar surface area (TPSA) is 43.9 Å². The molecule has 0 aromatic heterocycles. The summed E-state index contributed by atoms with van der Waals surface area (Å²) < 4.78 is 0. The highest BCUT2D eigenvalue weighted by molar-refractivity contribution is 5.94. The highest BCUT2D eigenvalue weighted by Crippen LogP contribution is 2.26. The summed E-state index contributed by atoms with van der Waals surface area (Å²) in [6.07, 6.45) is 4.71. The van der Waals surface area contributed by atoms with Gasteiger partial charge >= 0.3 is 0 Å². The van der Waals surface area contributed by atoms with Crippen molar-refractivity contribution < 1.29 is 9.59 Å². The number of anilines is 1. The zero-order valence-corrected chi connectivity index (χ0v) is 16.4. The molecule has 0 spiro atoms. The van der Waals surface area contributed by atoms with E-state index >= 15 is 0 Å². The lowest BCUT2D eigenvalue weighted by atomic mass is 9.92. The third-order valence-corrected chi connectivity index (χ3v) is 5.83. The van der Waals surface area contributed by atoms with Crippen LogP contribution in [0.25, 0.3) is 0 Å². The van der Waals surface area contributed by atoms with Gasteiger partial charge in [0, 0.05) is 63.5 Å². The van der Waals surface area contributed by atoms with Crippen molar-refractivity contribution >= 4 is 17.4 Å². The molecule has 27 heavy (non-hydrogen) atoms. The molecule has 0 saturated carbocycles. The first-order valence-electron chi connectivity index (χ1n) is 10.0. The molecule has 5 nitrogen and oxygen atoms in total. The molecule has 2 aliphatic rings. The van der Waals surface area contributed by atoms with Crippen LogP contribution in [-0.2, 0) is 4.79 Å². The van der Waals surface area contributed by atoms with E-state index in [0.29, 0.717) is 18.2 Å². The summed E-state index contributed by atoms with van der Waals surface area (Å²) in [6.45, 7) is 11.8. The summed E-state index contributed by atoms with van der Waals surface area (Å²) in [5.41, 5.74) is 1.93. The molecule has 0 aliphatic carbocycles. The van der Waals surface area contributed by atoms with Gasteiger partial charge in [-0.15, -0.1) is 6.58 Å². The second-order valence-corrected chi connectivity index (χ2v) is 7.71. The van der Waals surface area contributed by atoms with E-state index in [1.165, 1.54) is 5.69 Å². The number of benzene rings is 1. The largest absolute Gasteiger partial charge is 0.372 e. The van der Waals surface area contributed by atoms with E-state index in [9.17, 15) is 9.59 Å². The molecule has 0 N–H and O–H groups in total. The van der Waals surface area contributed by atoms with Gasteiger partial charge in [-0.1, -0.05) is 6.08 Å².